The zero-order valence-corrected chi connectivity index (χ0v) is 15.7. The molecular formula is C21H16N2O4S. The Hall–Kier alpha value is -3.45. The summed E-state index contributed by atoms with van der Waals surface area (Å²) >= 11 is 1.23. The summed E-state index contributed by atoms with van der Waals surface area (Å²) in [6.07, 6.45) is 3.10. The summed E-state index contributed by atoms with van der Waals surface area (Å²) in [5.41, 5.74) is 1.65. The molecule has 7 heteroatoms. The molecule has 3 aromatic rings. The van der Waals surface area contributed by atoms with E-state index in [1.165, 1.54) is 22.3 Å². The maximum atomic E-state index is 13.1. The Bertz CT molecular complexity index is 1090. The molecule has 1 amide bonds. The second-order valence-electron chi connectivity index (χ2n) is 6.42. The first-order chi connectivity index (χ1) is 13.5. The third-order valence-corrected chi connectivity index (χ3v) is 5.48. The van der Waals surface area contributed by atoms with Crippen molar-refractivity contribution in [3.05, 3.63) is 87.6 Å². The number of benzene rings is 1. The number of carbonyl (C=O) groups excluding carboxylic acids is 2. The zero-order valence-electron chi connectivity index (χ0n) is 14.9. The van der Waals surface area contributed by atoms with Gasteiger partial charge in [-0.05, 0) is 53.8 Å². The van der Waals surface area contributed by atoms with Crippen molar-refractivity contribution < 1.29 is 19.8 Å². The van der Waals surface area contributed by atoms with Crippen LogP contribution in [0.5, 0.6) is 5.75 Å². The van der Waals surface area contributed by atoms with Crippen molar-refractivity contribution >= 4 is 28.7 Å². The highest BCUT2D eigenvalue weighted by Gasteiger charge is 2.45. The molecule has 1 aliphatic rings. The van der Waals surface area contributed by atoms with Gasteiger partial charge in [0.1, 0.15) is 5.75 Å². The Morgan fingerprint density at radius 2 is 1.89 bits per heavy atom. The predicted octanol–water partition coefficient (Wildman–Crippen LogP) is 3.94. The molecule has 2 N–H and O–H groups in total. The molecule has 0 spiro atoms. The highest BCUT2D eigenvalue weighted by molar-refractivity contribution is 7.12. The number of aromatic nitrogens is 1. The summed E-state index contributed by atoms with van der Waals surface area (Å²) in [5.74, 6) is -1.88. The van der Waals surface area contributed by atoms with Gasteiger partial charge < -0.3 is 10.2 Å². The lowest BCUT2D eigenvalue weighted by Gasteiger charge is -2.27. The number of anilines is 1. The average Bonchev–Trinajstić information content (AvgIpc) is 3.32. The quantitative estimate of drug-likeness (QED) is 0.657. The number of aliphatic hydroxyl groups is 1. The number of thiophene rings is 1. The largest absolute Gasteiger partial charge is 0.506 e. The van der Waals surface area contributed by atoms with Gasteiger partial charge in [0, 0.05) is 12.4 Å². The van der Waals surface area contributed by atoms with Crippen LogP contribution in [0.15, 0.2) is 71.6 Å². The number of carbonyl (C=O) groups is 2. The summed E-state index contributed by atoms with van der Waals surface area (Å²) < 4.78 is 0. The van der Waals surface area contributed by atoms with Crippen molar-refractivity contribution in [3.8, 4) is 5.75 Å². The molecular weight excluding hydrogens is 376 g/mol. The fourth-order valence-electron chi connectivity index (χ4n) is 3.31. The van der Waals surface area contributed by atoms with Crippen LogP contribution in [0.3, 0.4) is 0 Å². The third-order valence-electron chi connectivity index (χ3n) is 4.61. The SMILES string of the molecule is Cc1ccc(O)c(N2C(=O)C(O)=C(C(=O)c3cccs3)C2c2ccncc2)c1. The number of Topliss-reactive ketones (excluding diaryl/α,β-unsaturated/α-hetero) is 1. The van der Waals surface area contributed by atoms with Crippen molar-refractivity contribution in [2.75, 3.05) is 4.90 Å². The highest BCUT2D eigenvalue weighted by Crippen LogP contribution is 2.44. The van der Waals surface area contributed by atoms with E-state index >= 15 is 0 Å². The highest BCUT2D eigenvalue weighted by atomic mass is 32.1. The topological polar surface area (TPSA) is 90.7 Å². The van der Waals surface area contributed by atoms with E-state index in [1.54, 1.807) is 54.2 Å². The van der Waals surface area contributed by atoms with Gasteiger partial charge in [-0.2, -0.15) is 0 Å². The zero-order chi connectivity index (χ0) is 19.8. The predicted molar refractivity (Wildman–Crippen MR) is 106 cm³/mol. The molecule has 1 atom stereocenters. The first kappa shape index (κ1) is 17.9. The molecule has 1 unspecified atom stereocenters. The van der Waals surface area contributed by atoms with Crippen LogP contribution in [-0.2, 0) is 4.79 Å². The van der Waals surface area contributed by atoms with Crippen LogP contribution >= 0.6 is 11.3 Å². The van der Waals surface area contributed by atoms with Crippen LogP contribution in [0, 0.1) is 6.92 Å². The minimum atomic E-state index is -0.877. The van der Waals surface area contributed by atoms with Gasteiger partial charge in [0.15, 0.2) is 5.76 Å². The maximum Gasteiger partial charge on any atom is 0.294 e. The number of aryl methyl sites for hydroxylation is 1. The van der Waals surface area contributed by atoms with Crippen LogP contribution in [-0.4, -0.2) is 26.9 Å². The summed E-state index contributed by atoms with van der Waals surface area (Å²) in [4.78, 5) is 31.8. The number of pyridine rings is 1. The van der Waals surface area contributed by atoms with Crippen molar-refractivity contribution in [2.24, 2.45) is 0 Å². The third kappa shape index (κ3) is 2.86. The lowest BCUT2D eigenvalue weighted by atomic mass is 9.95. The summed E-state index contributed by atoms with van der Waals surface area (Å²) in [7, 11) is 0. The van der Waals surface area contributed by atoms with Crippen LogP contribution in [0.4, 0.5) is 5.69 Å². The fourth-order valence-corrected chi connectivity index (χ4v) is 3.99. The van der Waals surface area contributed by atoms with Gasteiger partial charge in [-0.1, -0.05) is 12.1 Å². The van der Waals surface area contributed by atoms with Gasteiger partial charge in [-0.25, -0.2) is 0 Å². The minimum Gasteiger partial charge on any atom is -0.506 e. The molecule has 0 saturated heterocycles. The van der Waals surface area contributed by atoms with E-state index in [1.807, 2.05) is 6.92 Å². The Labute approximate surface area is 165 Å². The number of nitrogens with zero attached hydrogens (tertiary/aromatic N) is 2. The van der Waals surface area contributed by atoms with Crippen molar-refractivity contribution in [2.45, 2.75) is 13.0 Å². The van der Waals surface area contributed by atoms with E-state index in [9.17, 15) is 19.8 Å². The van der Waals surface area contributed by atoms with Gasteiger partial charge in [0.2, 0.25) is 5.78 Å². The molecule has 0 saturated carbocycles. The Kier molecular flexibility index (Phi) is 4.44. The number of phenolic OH excluding ortho intramolecular Hbond substituents is 1. The number of amides is 1. The summed E-state index contributed by atoms with van der Waals surface area (Å²) in [6.45, 7) is 1.83. The minimum absolute atomic E-state index is 0.0143. The van der Waals surface area contributed by atoms with Gasteiger partial charge in [-0.15, -0.1) is 11.3 Å². The van der Waals surface area contributed by atoms with Gasteiger partial charge in [0.25, 0.3) is 5.91 Å². The molecule has 2 aromatic heterocycles. The number of aromatic hydroxyl groups is 1. The van der Waals surface area contributed by atoms with Crippen LogP contribution in [0.1, 0.15) is 26.8 Å². The number of ketones is 1. The molecule has 1 aromatic carbocycles. The lowest BCUT2D eigenvalue weighted by Crippen LogP contribution is -2.31. The second-order valence-corrected chi connectivity index (χ2v) is 7.37. The Balaban J connectivity index is 1.92. The van der Waals surface area contributed by atoms with Gasteiger partial charge in [0.05, 0.1) is 22.2 Å². The number of rotatable bonds is 4. The van der Waals surface area contributed by atoms with Gasteiger partial charge in [-0.3, -0.25) is 19.5 Å². The number of hydrogen-bond acceptors (Lipinski definition) is 6. The Morgan fingerprint density at radius 1 is 1.14 bits per heavy atom. The van der Waals surface area contributed by atoms with Crippen molar-refractivity contribution in [1.82, 2.24) is 4.98 Å². The fraction of sp³-hybridized carbons (Fsp3) is 0.0952. The van der Waals surface area contributed by atoms with E-state index in [-0.39, 0.29) is 17.0 Å². The second kappa shape index (κ2) is 6.94. The molecule has 0 bridgehead atoms. The van der Waals surface area contributed by atoms with Gasteiger partial charge >= 0.3 is 0 Å². The number of hydrogen-bond donors (Lipinski definition) is 2. The monoisotopic (exact) mass is 392 g/mol. The molecule has 140 valence electrons. The van der Waals surface area contributed by atoms with Crippen LogP contribution in [0.2, 0.25) is 0 Å². The summed E-state index contributed by atoms with van der Waals surface area (Å²) in [6, 6.07) is 10.7. The van der Waals surface area contributed by atoms with Crippen molar-refractivity contribution in [3.63, 3.8) is 0 Å². The molecule has 0 radical (unpaired) electrons. The molecule has 3 heterocycles. The molecule has 1 aliphatic heterocycles. The first-order valence-electron chi connectivity index (χ1n) is 8.53. The van der Waals surface area contributed by atoms with E-state index < -0.39 is 23.5 Å². The summed E-state index contributed by atoms with van der Waals surface area (Å²) in [5, 5.41) is 22.8. The van der Waals surface area contributed by atoms with E-state index in [2.05, 4.69) is 4.98 Å². The van der Waals surface area contributed by atoms with Crippen LogP contribution in [0.25, 0.3) is 0 Å². The molecule has 6 nitrogen and oxygen atoms in total. The molecule has 0 aliphatic carbocycles. The maximum absolute atomic E-state index is 13.1. The normalized spacial score (nSPS) is 16.7. The molecule has 4 rings (SSSR count). The standard InChI is InChI=1S/C21H16N2O4S/c1-12-4-5-15(24)14(11-12)23-18(13-6-8-22-9-7-13)17(20(26)21(23)27)19(25)16-3-2-10-28-16/h2-11,18,24,26H,1H3. The van der Waals surface area contributed by atoms with Crippen molar-refractivity contribution in [1.29, 1.82) is 0 Å². The Morgan fingerprint density at radius 3 is 2.57 bits per heavy atom. The molecule has 28 heavy (non-hydrogen) atoms. The van der Waals surface area contributed by atoms with E-state index in [0.29, 0.717) is 10.4 Å². The van der Waals surface area contributed by atoms with E-state index in [4.69, 9.17) is 0 Å². The van der Waals surface area contributed by atoms with Crippen LogP contribution < -0.4 is 4.90 Å². The number of aliphatic hydroxyl groups excluding tert-OH is 1. The smallest absolute Gasteiger partial charge is 0.294 e. The number of phenols is 1. The average molecular weight is 392 g/mol. The molecule has 0 fully saturated rings. The first-order valence-corrected chi connectivity index (χ1v) is 9.41. The lowest BCUT2D eigenvalue weighted by molar-refractivity contribution is -0.117. The van der Waals surface area contributed by atoms with E-state index in [0.717, 1.165) is 5.56 Å².